The van der Waals surface area contributed by atoms with Gasteiger partial charge in [-0.05, 0) is 30.7 Å². The number of nitrogens with one attached hydrogen (secondary N) is 1. The molecule has 2 rings (SSSR count). The number of benzene rings is 1. The van der Waals surface area contributed by atoms with E-state index in [2.05, 4.69) is 29.5 Å². The fourth-order valence-corrected chi connectivity index (χ4v) is 2.53. The first-order valence-corrected chi connectivity index (χ1v) is 7.02. The van der Waals surface area contributed by atoms with Gasteiger partial charge in [-0.2, -0.15) is 5.10 Å². The molecule has 0 aliphatic carbocycles. The third-order valence-corrected chi connectivity index (χ3v) is 3.55. The highest BCUT2D eigenvalue weighted by atomic mass is 35.5. The highest BCUT2D eigenvalue weighted by Crippen LogP contribution is 2.26. The molecule has 0 saturated carbocycles. The van der Waals surface area contributed by atoms with Crippen LogP contribution in [0.4, 0.5) is 0 Å². The SMILES string of the molecule is CCNCC(Cc1ccn(C)n1)c1ccccc1Cl. The van der Waals surface area contributed by atoms with Crippen molar-refractivity contribution >= 4 is 11.6 Å². The van der Waals surface area contributed by atoms with Gasteiger partial charge in [-0.15, -0.1) is 0 Å². The summed E-state index contributed by atoms with van der Waals surface area (Å²) in [7, 11) is 1.94. The van der Waals surface area contributed by atoms with Gasteiger partial charge < -0.3 is 5.32 Å². The number of rotatable bonds is 6. The lowest BCUT2D eigenvalue weighted by Crippen LogP contribution is -2.23. The number of aryl methyl sites for hydroxylation is 1. The third kappa shape index (κ3) is 3.82. The van der Waals surface area contributed by atoms with Crippen molar-refractivity contribution in [2.45, 2.75) is 19.3 Å². The van der Waals surface area contributed by atoms with Crippen LogP contribution in [0.3, 0.4) is 0 Å². The molecule has 0 spiro atoms. The lowest BCUT2D eigenvalue weighted by atomic mass is 9.94. The molecule has 2 aromatic rings. The molecular formula is C15H20ClN3. The van der Waals surface area contributed by atoms with Crippen LogP contribution in [-0.4, -0.2) is 22.9 Å². The molecule has 0 bridgehead atoms. The predicted octanol–water partition coefficient (Wildman–Crippen LogP) is 3.01. The van der Waals surface area contributed by atoms with Crippen LogP contribution < -0.4 is 5.32 Å². The fourth-order valence-electron chi connectivity index (χ4n) is 2.24. The van der Waals surface area contributed by atoms with E-state index >= 15 is 0 Å². The van der Waals surface area contributed by atoms with Crippen molar-refractivity contribution in [3.63, 3.8) is 0 Å². The summed E-state index contributed by atoms with van der Waals surface area (Å²) in [5, 5.41) is 8.70. The lowest BCUT2D eigenvalue weighted by molar-refractivity contribution is 0.584. The summed E-state index contributed by atoms with van der Waals surface area (Å²) in [4.78, 5) is 0. The monoisotopic (exact) mass is 277 g/mol. The van der Waals surface area contributed by atoms with Gasteiger partial charge in [-0.1, -0.05) is 36.7 Å². The van der Waals surface area contributed by atoms with Crippen molar-refractivity contribution in [1.29, 1.82) is 0 Å². The van der Waals surface area contributed by atoms with Gasteiger partial charge in [0.05, 0.1) is 5.69 Å². The van der Waals surface area contributed by atoms with Crippen molar-refractivity contribution in [2.24, 2.45) is 7.05 Å². The molecule has 0 fully saturated rings. The molecule has 19 heavy (non-hydrogen) atoms. The van der Waals surface area contributed by atoms with Crippen molar-refractivity contribution in [3.8, 4) is 0 Å². The van der Waals surface area contributed by atoms with Crippen LogP contribution in [0.25, 0.3) is 0 Å². The van der Waals surface area contributed by atoms with Gasteiger partial charge in [0.2, 0.25) is 0 Å². The first-order valence-electron chi connectivity index (χ1n) is 6.64. The minimum atomic E-state index is 0.351. The van der Waals surface area contributed by atoms with E-state index in [1.807, 2.05) is 36.1 Å². The Morgan fingerprint density at radius 1 is 1.32 bits per heavy atom. The Balaban J connectivity index is 2.18. The maximum atomic E-state index is 6.32. The van der Waals surface area contributed by atoms with E-state index in [-0.39, 0.29) is 0 Å². The standard InChI is InChI=1S/C15H20ClN3/c1-3-17-11-12(10-13-8-9-19(2)18-13)14-6-4-5-7-15(14)16/h4-9,12,17H,3,10-11H2,1-2H3. The Labute approximate surface area is 119 Å². The van der Waals surface area contributed by atoms with E-state index in [0.29, 0.717) is 5.92 Å². The summed E-state index contributed by atoms with van der Waals surface area (Å²) in [5.41, 5.74) is 2.29. The first kappa shape index (κ1) is 14.1. The van der Waals surface area contributed by atoms with E-state index in [9.17, 15) is 0 Å². The Kier molecular flexibility index (Phi) is 5.00. The second-order valence-corrected chi connectivity index (χ2v) is 5.12. The molecule has 0 saturated heterocycles. The van der Waals surface area contributed by atoms with Crippen LogP contribution >= 0.6 is 11.6 Å². The van der Waals surface area contributed by atoms with Gasteiger partial charge in [0.25, 0.3) is 0 Å². The highest BCUT2D eigenvalue weighted by Gasteiger charge is 2.16. The zero-order chi connectivity index (χ0) is 13.7. The highest BCUT2D eigenvalue weighted by molar-refractivity contribution is 6.31. The van der Waals surface area contributed by atoms with Crippen LogP contribution in [0.2, 0.25) is 5.02 Å². The van der Waals surface area contributed by atoms with Gasteiger partial charge in [-0.3, -0.25) is 4.68 Å². The molecule has 1 unspecified atom stereocenters. The molecule has 0 radical (unpaired) electrons. The molecule has 102 valence electrons. The largest absolute Gasteiger partial charge is 0.316 e. The van der Waals surface area contributed by atoms with Crippen molar-refractivity contribution < 1.29 is 0 Å². The Bertz CT molecular complexity index is 522. The van der Waals surface area contributed by atoms with Crippen LogP contribution in [0.5, 0.6) is 0 Å². The second-order valence-electron chi connectivity index (χ2n) is 4.71. The molecule has 0 aliphatic rings. The molecule has 3 nitrogen and oxygen atoms in total. The molecule has 0 aliphatic heterocycles. The Morgan fingerprint density at radius 2 is 2.11 bits per heavy atom. The smallest absolute Gasteiger partial charge is 0.0631 e. The predicted molar refractivity (Wildman–Crippen MR) is 79.6 cm³/mol. The summed E-state index contributed by atoms with van der Waals surface area (Å²) in [6.45, 7) is 3.99. The molecule has 1 heterocycles. The minimum absolute atomic E-state index is 0.351. The molecule has 0 amide bonds. The number of likely N-dealkylation sites (N-methyl/N-ethyl adjacent to an activating group) is 1. The number of halogens is 1. The van der Waals surface area contributed by atoms with Gasteiger partial charge in [0, 0.05) is 30.7 Å². The quantitative estimate of drug-likeness (QED) is 0.880. The summed E-state index contributed by atoms with van der Waals surface area (Å²) >= 11 is 6.32. The van der Waals surface area contributed by atoms with E-state index in [0.717, 1.165) is 30.2 Å². The van der Waals surface area contributed by atoms with Crippen LogP contribution in [0.15, 0.2) is 36.5 Å². The summed E-state index contributed by atoms with van der Waals surface area (Å²) < 4.78 is 1.84. The minimum Gasteiger partial charge on any atom is -0.316 e. The first-order chi connectivity index (χ1) is 9.20. The van der Waals surface area contributed by atoms with Crippen LogP contribution in [0.1, 0.15) is 24.1 Å². The van der Waals surface area contributed by atoms with Gasteiger partial charge in [0.15, 0.2) is 0 Å². The molecule has 4 heteroatoms. The average Bonchev–Trinajstić information content (AvgIpc) is 2.81. The normalized spacial score (nSPS) is 12.6. The number of nitrogens with zero attached hydrogens (tertiary/aromatic N) is 2. The summed E-state index contributed by atoms with van der Waals surface area (Å²) in [6, 6.07) is 10.1. The van der Waals surface area contributed by atoms with E-state index in [1.54, 1.807) is 0 Å². The van der Waals surface area contributed by atoms with E-state index in [1.165, 1.54) is 5.56 Å². The summed E-state index contributed by atoms with van der Waals surface area (Å²) in [6.07, 6.45) is 2.88. The molecule has 1 aromatic carbocycles. The van der Waals surface area contributed by atoms with Crippen molar-refractivity contribution in [3.05, 3.63) is 52.8 Å². The molecular weight excluding hydrogens is 258 g/mol. The van der Waals surface area contributed by atoms with Crippen molar-refractivity contribution in [2.75, 3.05) is 13.1 Å². The molecule has 1 aromatic heterocycles. The average molecular weight is 278 g/mol. The number of hydrogen-bond acceptors (Lipinski definition) is 2. The third-order valence-electron chi connectivity index (χ3n) is 3.21. The number of hydrogen-bond donors (Lipinski definition) is 1. The lowest BCUT2D eigenvalue weighted by Gasteiger charge is -2.18. The second kappa shape index (κ2) is 6.73. The Morgan fingerprint density at radius 3 is 2.74 bits per heavy atom. The van der Waals surface area contributed by atoms with E-state index < -0.39 is 0 Å². The van der Waals surface area contributed by atoms with Crippen LogP contribution in [-0.2, 0) is 13.5 Å². The molecule has 1 atom stereocenters. The number of aromatic nitrogens is 2. The topological polar surface area (TPSA) is 29.9 Å². The van der Waals surface area contributed by atoms with Crippen LogP contribution in [0, 0.1) is 0 Å². The maximum absolute atomic E-state index is 6.32. The van der Waals surface area contributed by atoms with Gasteiger partial charge >= 0.3 is 0 Å². The van der Waals surface area contributed by atoms with E-state index in [4.69, 9.17) is 11.6 Å². The van der Waals surface area contributed by atoms with Crippen molar-refractivity contribution in [1.82, 2.24) is 15.1 Å². The Hall–Kier alpha value is -1.32. The fraction of sp³-hybridized carbons (Fsp3) is 0.400. The maximum Gasteiger partial charge on any atom is 0.0631 e. The molecule has 1 N–H and O–H groups in total. The zero-order valence-corrected chi connectivity index (χ0v) is 12.2. The summed E-state index contributed by atoms with van der Waals surface area (Å²) in [5.74, 6) is 0.351. The van der Waals surface area contributed by atoms with Gasteiger partial charge in [0.1, 0.15) is 0 Å². The zero-order valence-electron chi connectivity index (χ0n) is 11.4. The van der Waals surface area contributed by atoms with Gasteiger partial charge in [-0.25, -0.2) is 0 Å².